The van der Waals surface area contributed by atoms with Crippen LogP contribution in [0.3, 0.4) is 0 Å². The highest BCUT2D eigenvalue weighted by molar-refractivity contribution is 5.95. The average molecular weight is 351 g/mol. The molecule has 6 heteroatoms. The number of amides is 1. The Balaban J connectivity index is 2.24. The van der Waals surface area contributed by atoms with Gasteiger partial charge in [-0.15, -0.1) is 0 Å². The van der Waals surface area contributed by atoms with E-state index in [1.54, 1.807) is 12.1 Å². The monoisotopic (exact) mass is 351 g/mol. The fourth-order valence-electron chi connectivity index (χ4n) is 2.90. The zero-order chi connectivity index (χ0) is 18.2. The highest BCUT2D eigenvalue weighted by Crippen LogP contribution is 2.39. The maximum atomic E-state index is 12.7. The topological polar surface area (TPSA) is 66.0 Å². The third-order valence-electron chi connectivity index (χ3n) is 4.05. The molecule has 0 bridgehead atoms. The van der Waals surface area contributed by atoms with E-state index in [-0.39, 0.29) is 18.1 Å². The lowest BCUT2D eigenvalue weighted by molar-refractivity contribution is 0.0712. The van der Waals surface area contributed by atoms with Gasteiger partial charge >= 0.3 is 0 Å². The minimum atomic E-state index is -0.173. The van der Waals surface area contributed by atoms with Gasteiger partial charge in [0.05, 0.1) is 32.0 Å². The van der Waals surface area contributed by atoms with Crippen molar-refractivity contribution in [3.63, 3.8) is 0 Å². The van der Waals surface area contributed by atoms with E-state index in [0.717, 1.165) is 19.4 Å². The van der Waals surface area contributed by atoms with E-state index in [0.29, 0.717) is 42.6 Å². The molecule has 0 unspecified atom stereocenters. The van der Waals surface area contributed by atoms with Gasteiger partial charge in [0.2, 0.25) is 5.75 Å². The highest BCUT2D eigenvalue weighted by Gasteiger charge is 2.25. The quantitative estimate of drug-likeness (QED) is 0.740. The highest BCUT2D eigenvalue weighted by atomic mass is 16.5. The van der Waals surface area contributed by atoms with Crippen LogP contribution in [0.2, 0.25) is 0 Å². The van der Waals surface area contributed by atoms with Gasteiger partial charge < -0.3 is 24.3 Å². The van der Waals surface area contributed by atoms with Gasteiger partial charge in [0.25, 0.3) is 5.91 Å². The fourth-order valence-corrected chi connectivity index (χ4v) is 2.90. The van der Waals surface area contributed by atoms with Gasteiger partial charge in [-0.25, -0.2) is 0 Å². The summed E-state index contributed by atoms with van der Waals surface area (Å²) in [6.07, 6.45) is 2.08. The van der Waals surface area contributed by atoms with Crippen LogP contribution < -0.4 is 19.5 Å². The Hall–Kier alpha value is -1.95. The predicted molar refractivity (Wildman–Crippen MR) is 95.9 cm³/mol. The molecule has 0 aliphatic carbocycles. The number of benzene rings is 1. The van der Waals surface area contributed by atoms with Crippen LogP contribution >= 0.6 is 0 Å². The van der Waals surface area contributed by atoms with Crippen molar-refractivity contribution >= 4 is 5.91 Å². The molecule has 2 rings (SSSR count). The number of carbonyl (C=O) groups is 1. The minimum Gasteiger partial charge on any atom is -0.490 e. The summed E-state index contributed by atoms with van der Waals surface area (Å²) in [6, 6.07) is 3.36. The molecule has 0 radical (unpaired) electrons. The number of ether oxygens (including phenoxy) is 4. The number of nitrogens with one attached hydrogen (secondary N) is 1. The molecule has 1 fully saturated rings. The second kappa shape index (κ2) is 9.51. The Morgan fingerprint density at radius 2 is 1.76 bits per heavy atom. The lowest BCUT2D eigenvalue weighted by atomic mass is 10.1. The molecule has 1 aromatic rings. The summed E-state index contributed by atoms with van der Waals surface area (Å²) in [5.74, 6) is 1.40. The third-order valence-corrected chi connectivity index (χ3v) is 4.05. The molecule has 1 heterocycles. The van der Waals surface area contributed by atoms with Gasteiger partial charge in [-0.2, -0.15) is 0 Å². The second-order valence-corrected chi connectivity index (χ2v) is 5.91. The van der Waals surface area contributed by atoms with E-state index < -0.39 is 0 Å². The van der Waals surface area contributed by atoms with Gasteiger partial charge in [-0.05, 0) is 52.7 Å². The van der Waals surface area contributed by atoms with Crippen LogP contribution in [-0.2, 0) is 4.74 Å². The summed E-state index contributed by atoms with van der Waals surface area (Å²) in [6.45, 7) is 9.85. The smallest absolute Gasteiger partial charge is 0.251 e. The van der Waals surface area contributed by atoms with Gasteiger partial charge in [0, 0.05) is 12.2 Å². The van der Waals surface area contributed by atoms with Gasteiger partial charge in [-0.1, -0.05) is 0 Å². The predicted octanol–water partition coefficient (Wildman–Crippen LogP) is 3.18. The van der Waals surface area contributed by atoms with E-state index in [1.807, 2.05) is 27.7 Å². The van der Waals surface area contributed by atoms with E-state index in [9.17, 15) is 4.79 Å². The zero-order valence-electron chi connectivity index (χ0n) is 15.6. The first-order chi connectivity index (χ1) is 12.1. The molecule has 1 aliphatic heterocycles. The first-order valence-electron chi connectivity index (χ1n) is 9.09. The average Bonchev–Trinajstić information content (AvgIpc) is 3.12. The van der Waals surface area contributed by atoms with Crippen LogP contribution in [0.15, 0.2) is 12.1 Å². The largest absolute Gasteiger partial charge is 0.490 e. The van der Waals surface area contributed by atoms with Crippen molar-refractivity contribution in [1.29, 1.82) is 0 Å². The lowest BCUT2D eigenvalue weighted by Gasteiger charge is -2.21. The van der Waals surface area contributed by atoms with Crippen molar-refractivity contribution in [3.8, 4) is 17.2 Å². The molecule has 25 heavy (non-hydrogen) atoms. The molecule has 1 aromatic carbocycles. The molecule has 2 atom stereocenters. The fraction of sp³-hybridized carbons (Fsp3) is 0.632. The summed E-state index contributed by atoms with van der Waals surface area (Å²) in [7, 11) is 0. The minimum absolute atomic E-state index is 0.0485. The van der Waals surface area contributed by atoms with Crippen LogP contribution in [0.1, 0.15) is 50.9 Å². The summed E-state index contributed by atoms with van der Waals surface area (Å²) in [4.78, 5) is 12.7. The summed E-state index contributed by atoms with van der Waals surface area (Å²) in [5, 5.41) is 3.01. The molecule has 0 spiro atoms. The molecule has 1 N–H and O–H groups in total. The van der Waals surface area contributed by atoms with Crippen LogP contribution in [0.4, 0.5) is 0 Å². The van der Waals surface area contributed by atoms with Crippen molar-refractivity contribution in [2.45, 2.75) is 52.7 Å². The first-order valence-corrected chi connectivity index (χ1v) is 9.09. The van der Waals surface area contributed by atoms with Crippen LogP contribution in [0.5, 0.6) is 17.2 Å². The van der Waals surface area contributed by atoms with Crippen molar-refractivity contribution in [3.05, 3.63) is 17.7 Å². The van der Waals surface area contributed by atoms with Crippen LogP contribution in [0, 0.1) is 0 Å². The van der Waals surface area contributed by atoms with Crippen LogP contribution in [0.25, 0.3) is 0 Å². The molecule has 1 aliphatic rings. The third kappa shape index (κ3) is 5.01. The zero-order valence-corrected chi connectivity index (χ0v) is 15.6. The molecular weight excluding hydrogens is 322 g/mol. The standard InChI is InChI=1S/C19H29NO5/c1-5-22-16-11-14(12-17(23-6-2)18(16)24-7-3)19(21)20-13(4)15-9-8-10-25-15/h11-13,15H,5-10H2,1-4H3,(H,20,21)/t13-,15-/m1/s1. The Morgan fingerprint density at radius 1 is 1.16 bits per heavy atom. The maximum absolute atomic E-state index is 12.7. The Kier molecular flexibility index (Phi) is 7.37. The van der Waals surface area contributed by atoms with Crippen LogP contribution in [-0.4, -0.2) is 44.5 Å². The van der Waals surface area contributed by atoms with E-state index in [2.05, 4.69) is 5.32 Å². The number of hydrogen-bond acceptors (Lipinski definition) is 5. The molecule has 1 amide bonds. The Labute approximate surface area is 149 Å². The normalized spacial score (nSPS) is 17.8. The van der Waals surface area contributed by atoms with Gasteiger partial charge in [-0.3, -0.25) is 4.79 Å². The van der Waals surface area contributed by atoms with E-state index in [4.69, 9.17) is 18.9 Å². The lowest BCUT2D eigenvalue weighted by Crippen LogP contribution is -2.40. The summed E-state index contributed by atoms with van der Waals surface area (Å²) in [5.41, 5.74) is 0.486. The Bertz CT molecular complexity index is 542. The number of rotatable bonds is 9. The van der Waals surface area contributed by atoms with E-state index >= 15 is 0 Å². The van der Waals surface area contributed by atoms with E-state index in [1.165, 1.54) is 0 Å². The summed E-state index contributed by atoms with van der Waals surface area (Å²) < 4.78 is 22.6. The first kappa shape index (κ1) is 19.4. The SMILES string of the molecule is CCOc1cc(C(=O)N[C@H](C)[C@H]2CCCO2)cc(OCC)c1OCC. The maximum Gasteiger partial charge on any atom is 0.251 e. The van der Waals surface area contributed by atoms with Crippen molar-refractivity contribution in [2.75, 3.05) is 26.4 Å². The summed E-state index contributed by atoms with van der Waals surface area (Å²) >= 11 is 0. The molecule has 1 saturated heterocycles. The number of hydrogen-bond donors (Lipinski definition) is 1. The van der Waals surface area contributed by atoms with Crippen molar-refractivity contribution < 1.29 is 23.7 Å². The Morgan fingerprint density at radius 3 is 2.24 bits per heavy atom. The number of carbonyl (C=O) groups excluding carboxylic acids is 1. The van der Waals surface area contributed by atoms with Gasteiger partial charge in [0.15, 0.2) is 11.5 Å². The molecular formula is C19H29NO5. The molecule has 0 aromatic heterocycles. The molecule has 140 valence electrons. The van der Waals surface area contributed by atoms with Crippen molar-refractivity contribution in [1.82, 2.24) is 5.32 Å². The second-order valence-electron chi connectivity index (χ2n) is 5.91. The van der Waals surface area contributed by atoms with Crippen molar-refractivity contribution in [2.24, 2.45) is 0 Å². The molecule has 0 saturated carbocycles. The van der Waals surface area contributed by atoms with Gasteiger partial charge in [0.1, 0.15) is 0 Å². The molecule has 6 nitrogen and oxygen atoms in total.